The molecule has 0 bridgehead atoms. The third-order valence-electron chi connectivity index (χ3n) is 2.44. The fourth-order valence-electron chi connectivity index (χ4n) is 1.41. The predicted octanol–water partition coefficient (Wildman–Crippen LogP) is 1.28. The lowest BCUT2D eigenvalue weighted by molar-refractivity contribution is 0.0600. The molecule has 1 rings (SSSR count). The lowest BCUT2D eigenvalue weighted by Gasteiger charge is -2.06. The van der Waals surface area contributed by atoms with Gasteiger partial charge in [0.1, 0.15) is 6.07 Å². The van der Waals surface area contributed by atoms with Crippen LogP contribution in [-0.2, 0) is 20.3 Å². The molecular formula is C12H13NO4S. The normalized spacial score (nSPS) is 10.7. The van der Waals surface area contributed by atoms with Crippen molar-refractivity contribution in [3.8, 4) is 6.07 Å². The van der Waals surface area contributed by atoms with Crippen LogP contribution in [-0.4, -0.2) is 27.2 Å². The fraction of sp³-hybridized carbons (Fsp3) is 0.333. The summed E-state index contributed by atoms with van der Waals surface area (Å²) in [5, 5.41) is 8.86. The van der Waals surface area contributed by atoms with Gasteiger partial charge in [-0.25, -0.2) is 13.2 Å². The van der Waals surface area contributed by atoms with E-state index in [0.29, 0.717) is 5.56 Å². The third kappa shape index (κ3) is 3.31. The average molecular weight is 267 g/mol. The first-order chi connectivity index (χ1) is 8.43. The summed E-state index contributed by atoms with van der Waals surface area (Å²) in [6.07, 6.45) is 0. The zero-order valence-corrected chi connectivity index (χ0v) is 11.0. The van der Waals surface area contributed by atoms with Gasteiger partial charge < -0.3 is 4.74 Å². The summed E-state index contributed by atoms with van der Waals surface area (Å²) in [5.41, 5.74) is 0.722. The van der Waals surface area contributed by atoms with E-state index < -0.39 is 15.8 Å². The van der Waals surface area contributed by atoms with Gasteiger partial charge in [0.15, 0.2) is 9.84 Å². The SMILES string of the molecule is CCS(=O)(=O)Cc1ccc(C#N)c(C(=O)OC)c1. The van der Waals surface area contributed by atoms with Crippen molar-refractivity contribution in [2.24, 2.45) is 0 Å². The van der Waals surface area contributed by atoms with E-state index in [4.69, 9.17) is 5.26 Å². The van der Waals surface area contributed by atoms with Crippen molar-refractivity contribution >= 4 is 15.8 Å². The topological polar surface area (TPSA) is 84.2 Å². The number of ether oxygens (including phenoxy) is 1. The van der Waals surface area contributed by atoms with E-state index in [2.05, 4.69) is 4.74 Å². The minimum Gasteiger partial charge on any atom is -0.465 e. The first kappa shape index (κ1) is 14.2. The molecule has 0 N–H and O–H groups in total. The first-order valence-corrected chi connectivity index (χ1v) is 7.07. The molecule has 0 saturated carbocycles. The fourth-order valence-corrected chi connectivity index (χ4v) is 2.31. The minimum atomic E-state index is -3.18. The molecule has 0 amide bonds. The number of nitrogens with zero attached hydrogens (tertiary/aromatic N) is 1. The highest BCUT2D eigenvalue weighted by molar-refractivity contribution is 7.90. The minimum absolute atomic E-state index is 0.0283. The van der Waals surface area contributed by atoms with E-state index in [1.807, 2.05) is 6.07 Å². The second kappa shape index (κ2) is 5.65. The van der Waals surface area contributed by atoms with Crippen LogP contribution in [0.4, 0.5) is 0 Å². The molecule has 0 saturated heterocycles. The molecule has 1 aromatic rings. The second-order valence-corrected chi connectivity index (χ2v) is 6.01. The van der Waals surface area contributed by atoms with Gasteiger partial charge in [-0.2, -0.15) is 5.26 Å². The number of carbonyl (C=O) groups is 1. The maximum Gasteiger partial charge on any atom is 0.339 e. The highest BCUT2D eigenvalue weighted by atomic mass is 32.2. The van der Waals surface area contributed by atoms with E-state index in [-0.39, 0.29) is 22.6 Å². The van der Waals surface area contributed by atoms with E-state index in [9.17, 15) is 13.2 Å². The number of hydrogen-bond acceptors (Lipinski definition) is 5. The molecule has 0 aliphatic carbocycles. The van der Waals surface area contributed by atoms with Crippen LogP contribution in [0, 0.1) is 11.3 Å². The van der Waals surface area contributed by atoms with Gasteiger partial charge in [-0.15, -0.1) is 0 Å². The van der Waals surface area contributed by atoms with Crippen molar-refractivity contribution in [1.29, 1.82) is 5.26 Å². The molecule has 6 heteroatoms. The Labute approximate surface area is 106 Å². The van der Waals surface area contributed by atoms with Crippen LogP contribution in [0.5, 0.6) is 0 Å². The number of benzene rings is 1. The number of esters is 1. The molecule has 0 fully saturated rings. The third-order valence-corrected chi connectivity index (χ3v) is 4.09. The average Bonchev–Trinajstić information content (AvgIpc) is 2.37. The highest BCUT2D eigenvalue weighted by Crippen LogP contribution is 2.15. The summed E-state index contributed by atoms with van der Waals surface area (Å²) >= 11 is 0. The Morgan fingerprint density at radius 2 is 2.11 bits per heavy atom. The van der Waals surface area contributed by atoms with Gasteiger partial charge in [-0.1, -0.05) is 13.0 Å². The Balaban J connectivity index is 3.20. The van der Waals surface area contributed by atoms with Crippen molar-refractivity contribution in [3.63, 3.8) is 0 Å². The number of nitriles is 1. The molecule has 0 aliphatic heterocycles. The molecular weight excluding hydrogens is 254 g/mol. The summed E-state index contributed by atoms with van der Waals surface area (Å²) in [5.74, 6) is -0.776. The molecule has 5 nitrogen and oxygen atoms in total. The standard InChI is InChI=1S/C12H13NO4S/c1-3-18(15,16)8-9-4-5-10(7-13)11(6-9)12(14)17-2/h4-6H,3,8H2,1-2H3. The van der Waals surface area contributed by atoms with E-state index in [1.54, 1.807) is 6.92 Å². The molecule has 0 unspecified atom stereocenters. The summed E-state index contributed by atoms with van der Waals surface area (Å²) in [6, 6.07) is 6.20. The first-order valence-electron chi connectivity index (χ1n) is 5.25. The van der Waals surface area contributed by atoms with Gasteiger partial charge in [-0.05, 0) is 17.7 Å². The van der Waals surface area contributed by atoms with Gasteiger partial charge in [-0.3, -0.25) is 0 Å². The van der Waals surface area contributed by atoms with Gasteiger partial charge >= 0.3 is 5.97 Å². The molecule has 18 heavy (non-hydrogen) atoms. The van der Waals surface area contributed by atoms with E-state index in [1.165, 1.54) is 25.3 Å². The second-order valence-electron chi connectivity index (χ2n) is 3.66. The Morgan fingerprint density at radius 3 is 2.61 bits per heavy atom. The van der Waals surface area contributed by atoms with Crippen molar-refractivity contribution in [2.75, 3.05) is 12.9 Å². The quantitative estimate of drug-likeness (QED) is 0.767. The molecule has 0 heterocycles. The van der Waals surface area contributed by atoms with E-state index >= 15 is 0 Å². The Hall–Kier alpha value is -1.87. The molecule has 0 radical (unpaired) electrons. The van der Waals surface area contributed by atoms with Crippen LogP contribution in [0.25, 0.3) is 0 Å². The van der Waals surface area contributed by atoms with Crippen molar-refractivity contribution in [3.05, 3.63) is 34.9 Å². The predicted molar refractivity (Wildman–Crippen MR) is 65.7 cm³/mol. The Morgan fingerprint density at radius 1 is 1.44 bits per heavy atom. The molecule has 0 spiro atoms. The van der Waals surface area contributed by atoms with Gasteiger partial charge in [0.25, 0.3) is 0 Å². The summed E-state index contributed by atoms with van der Waals surface area (Å²) in [4.78, 5) is 11.5. The smallest absolute Gasteiger partial charge is 0.339 e. The monoisotopic (exact) mass is 267 g/mol. The van der Waals surface area contributed by atoms with Crippen molar-refractivity contribution in [2.45, 2.75) is 12.7 Å². The maximum atomic E-state index is 11.5. The molecule has 1 aromatic carbocycles. The Kier molecular flexibility index (Phi) is 4.45. The van der Waals surface area contributed by atoms with Crippen LogP contribution < -0.4 is 0 Å². The van der Waals surface area contributed by atoms with Crippen LogP contribution >= 0.6 is 0 Å². The summed E-state index contributed by atoms with van der Waals surface area (Å²) in [6.45, 7) is 1.56. The largest absolute Gasteiger partial charge is 0.465 e. The maximum absolute atomic E-state index is 11.5. The zero-order chi connectivity index (χ0) is 13.8. The van der Waals surface area contributed by atoms with Gasteiger partial charge in [0.05, 0.1) is 24.0 Å². The summed E-state index contributed by atoms with van der Waals surface area (Å²) in [7, 11) is -1.97. The van der Waals surface area contributed by atoms with Crippen LogP contribution in [0.2, 0.25) is 0 Å². The number of carbonyl (C=O) groups excluding carboxylic acids is 1. The number of hydrogen-bond donors (Lipinski definition) is 0. The lowest BCUT2D eigenvalue weighted by Crippen LogP contribution is -2.09. The zero-order valence-electron chi connectivity index (χ0n) is 10.1. The number of methoxy groups -OCH3 is 1. The van der Waals surface area contributed by atoms with Gasteiger partial charge in [0.2, 0.25) is 0 Å². The Bertz CT molecular complexity index is 599. The van der Waals surface area contributed by atoms with Gasteiger partial charge in [0, 0.05) is 5.75 Å². The number of rotatable bonds is 4. The van der Waals surface area contributed by atoms with Crippen molar-refractivity contribution < 1.29 is 17.9 Å². The van der Waals surface area contributed by atoms with Crippen LogP contribution in [0.15, 0.2) is 18.2 Å². The highest BCUT2D eigenvalue weighted by Gasteiger charge is 2.15. The molecule has 96 valence electrons. The number of sulfone groups is 1. The summed E-state index contributed by atoms with van der Waals surface area (Å²) < 4.78 is 27.5. The van der Waals surface area contributed by atoms with Crippen molar-refractivity contribution in [1.82, 2.24) is 0 Å². The van der Waals surface area contributed by atoms with E-state index in [0.717, 1.165) is 0 Å². The molecule has 0 atom stereocenters. The molecule has 0 aromatic heterocycles. The lowest BCUT2D eigenvalue weighted by atomic mass is 10.1. The molecule has 0 aliphatic rings. The van der Waals surface area contributed by atoms with Crippen LogP contribution in [0.1, 0.15) is 28.4 Å². The van der Waals surface area contributed by atoms with Crippen LogP contribution in [0.3, 0.4) is 0 Å².